The molecule has 0 spiro atoms. The first-order valence-corrected chi connectivity index (χ1v) is 24.2. The zero-order valence-corrected chi connectivity index (χ0v) is 39.2. The van der Waals surface area contributed by atoms with Gasteiger partial charge in [0.05, 0.1) is 0 Å². The van der Waals surface area contributed by atoms with E-state index in [-0.39, 0.29) is 0 Å². The van der Waals surface area contributed by atoms with Gasteiger partial charge in [-0.05, 0) is 170 Å². The molecule has 0 bridgehead atoms. The van der Waals surface area contributed by atoms with E-state index < -0.39 is 0 Å². The maximum atomic E-state index is 6.60. The van der Waals surface area contributed by atoms with Crippen LogP contribution in [0.5, 0.6) is 0 Å². The van der Waals surface area contributed by atoms with Gasteiger partial charge in [0.2, 0.25) is 0 Å². The Labute approximate surface area is 417 Å². The molecule has 342 valence electrons. The molecule has 0 atom stereocenters. The van der Waals surface area contributed by atoms with Gasteiger partial charge < -0.3 is 28.4 Å². The Morgan fingerprint density at radius 3 is 0.556 bits per heavy atom. The molecule has 0 amide bonds. The quantitative estimate of drug-likeness (QED) is 0.122. The summed E-state index contributed by atoms with van der Waals surface area (Å²) in [5, 5.41) is 4.13. The van der Waals surface area contributed by atoms with Gasteiger partial charge in [-0.1, -0.05) is 109 Å². The fourth-order valence-corrected chi connectivity index (χ4v) is 10.1. The minimum atomic E-state index is 0.821. The molecule has 6 nitrogen and oxygen atoms in total. The molecule has 0 saturated carbocycles. The molecule has 72 heavy (non-hydrogen) atoms. The number of para-hydroxylation sites is 6. The molecular weight excluding hydrogens is 881 g/mol. The number of hydrogen-bond acceptors (Lipinski definition) is 6. The van der Waals surface area contributed by atoms with Crippen molar-refractivity contribution in [3.63, 3.8) is 0 Å². The van der Waals surface area contributed by atoms with Gasteiger partial charge in [-0.2, -0.15) is 0 Å². The standard InChI is InChI=1S/C66H46N4O2/c1-7-19-47(20-8-1)67(48-21-9-2-10-22-48)53-31-33-54(34-32-53)69(51-27-15-5-16-28-51)56-36-40-64-60(44-56)62-46-58(38-42-66(62)72-64)70(52-29-17-6-18-30-52)57-37-41-65-61(45-57)59-43-55(35-39-63(59)71-65)68(49-23-11-3-12-24-49)50-25-13-4-14-26-50/h1-46H. The molecule has 0 radical (unpaired) electrons. The molecule has 6 heteroatoms. The van der Waals surface area contributed by atoms with Gasteiger partial charge in [-0.25, -0.2) is 0 Å². The average Bonchev–Trinajstić information content (AvgIpc) is 4.01. The minimum Gasteiger partial charge on any atom is -0.456 e. The maximum Gasteiger partial charge on any atom is 0.135 e. The van der Waals surface area contributed by atoms with Gasteiger partial charge >= 0.3 is 0 Å². The van der Waals surface area contributed by atoms with Crippen molar-refractivity contribution in [2.45, 2.75) is 0 Å². The number of fused-ring (bicyclic) bond motifs is 6. The molecule has 11 aromatic carbocycles. The first-order chi connectivity index (χ1) is 35.7. The molecule has 0 aliphatic rings. The van der Waals surface area contributed by atoms with E-state index in [0.717, 1.165) is 112 Å². The Bertz CT molecular complexity index is 3900. The van der Waals surface area contributed by atoms with Crippen LogP contribution < -0.4 is 19.6 Å². The Morgan fingerprint density at radius 2 is 0.333 bits per heavy atom. The van der Waals surface area contributed by atoms with Crippen molar-refractivity contribution in [3.05, 3.63) is 279 Å². The number of furan rings is 2. The van der Waals surface area contributed by atoms with Crippen molar-refractivity contribution in [1.29, 1.82) is 0 Å². The summed E-state index contributed by atoms with van der Waals surface area (Å²) in [5.41, 5.74) is 15.9. The summed E-state index contributed by atoms with van der Waals surface area (Å²) in [6.07, 6.45) is 0. The Morgan fingerprint density at radius 1 is 0.167 bits per heavy atom. The molecule has 0 saturated heterocycles. The van der Waals surface area contributed by atoms with Gasteiger partial charge in [0.25, 0.3) is 0 Å². The topological polar surface area (TPSA) is 39.2 Å². The lowest BCUT2D eigenvalue weighted by molar-refractivity contribution is 0.668. The van der Waals surface area contributed by atoms with Crippen LogP contribution in [0.15, 0.2) is 288 Å². The molecule has 13 aromatic rings. The average molecular weight is 927 g/mol. The second-order valence-corrected chi connectivity index (χ2v) is 17.8. The summed E-state index contributed by atoms with van der Waals surface area (Å²) in [7, 11) is 0. The summed E-state index contributed by atoms with van der Waals surface area (Å²) in [4.78, 5) is 9.20. The number of anilines is 12. The van der Waals surface area contributed by atoms with Gasteiger partial charge in [0.15, 0.2) is 0 Å². The third-order valence-electron chi connectivity index (χ3n) is 13.4. The monoisotopic (exact) mass is 926 g/mol. The molecule has 0 N–H and O–H groups in total. The summed E-state index contributed by atoms with van der Waals surface area (Å²) in [6, 6.07) is 97.9. The molecule has 0 aliphatic heterocycles. The Kier molecular flexibility index (Phi) is 10.7. The second-order valence-electron chi connectivity index (χ2n) is 17.8. The zero-order chi connectivity index (χ0) is 47.8. The number of hydrogen-bond donors (Lipinski definition) is 0. The van der Waals surface area contributed by atoms with E-state index in [1.165, 1.54) is 0 Å². The van der Waals surface area contributed by atoms with Crippen molar-refractivity contribution in [3.8, 4) is 0 Å². The predicted octanol–water partition coefficient (Wildman–Crippen LogP) is 19.4. The number of rotatable bonds is 12. The lowest BCUT2D eigenvalue weighted by atomic mass is 10.1. The van der Waals surface area contributed by atoms with E-state index >= 15 is 0 Å². The lowest BCUT2D eigenvalue weighted by Gasteiger charge is -2.28. The first-order valence-electron chi connectivity index (χ1n) is 24.2. The van der Waals surface area contributed by atoms with Crippen molar-refractivity contribution in [1.82, 2.24) is 0 Å². The third kappa shape index (κ3) is 7.83. The van der Waals surface area contributed by atoms with Crippen LogP contribution in [0.3, 0.4) is 0 Å². The maximum absolute atomic E-state index is 6.60. The molecule has 2 aromatic heterocycles. The minimum absolute atomic E-state index is 0.821. The van der Waals surface area contributed by atoms with Crippen molar-refractivity contribution >= 4 is 112 Å². The SMILES string of the molecule is c1ccc(N(c2ccccc2)c2ccc(N(c3ccccc3)c3ccc4oc5ccc(N(c6ccccc6)c6ccc7oc8ccc(N(c9ccccc9)c9ccccc9)cc8c7c6)cc5c4c3)cc2)cc1. The molecular formula is C66H46N4O2. The summed E-state index contributed by atoms with van der Waals surface area (Å²) >= 11 is 0. The number of nitrogens with zero attached hydrogens (tertiary/aromatic N) is 4. The van der Waals surface area contributed by atoms with Gasteiger partial charge in [0, 0.05) is 89.8 Å². The first kappa shape index (κ1) is 42.3. The van der Waals surface area contributed by atoms with Crippen molar-refractivity contribution in [2.75, 3.05) is 19.6 Å². The van der Waals surface area contributed by atoms with E-state index in [1.807, 2.05) is 0 Å². The van der Waals surface area contributed by atoms with Gasteiger partial charge in [0.1, 0.15) is 22.3 Å². The van der Waals surface area contributed by atoms with Gasteiger partial charge in [-0.3, -0.25) is 0 Å². The van der Waals surface area contributed by atoms with Crippen LogP contribution >= 0.6 is 0 Å². The molecule has 0 fully saturated rings. The van der Waals surface area contributed by atoms with Crippen LogP contribution in [-0.4, -0.2) is 0 Å². The van der Waals surface area contributed by atoms with E-state index in [0.29, 0.717) is 0 Å². The predicted molar refractivity (Wildman–Crippen MR) is 300 cm³/mol. The number of benzene rings is 11. The van der Waals surface area contributed by atoms with Crippen LogP contribution in [0, 0.1) is 0 Å². The van der Waals surface area contributed by atoms with Crippen molar-refractivity contribution < 1.29 is 8.83 Å². The molecule has 0 aliphatic carbocycles. The Balaban J connectivity index is 0.906. The highest BCUT2D eigenvalue weighted by Crippen LogP contribution is 2.45. The smallest absolute Gasteiger partial charge is 0.135 e. The summed E-state index contributed by atoms with van der Waals surface area (Å²) in [5.74, 6) is 0. The van der Waals surface area contributed by atoms with Crippen LogP contribution in [0.25, 0.3) is 43.9 Å². The lowest BCUT2D eigenvalue weighted by Crippen LogP contribution is -2.12. The largest absolute Gasteiger partial charge is 0.456 e. The molecule has 0 unspecified atom stereocenters. The highest BCUT2D eigenvalue weighted by atomic mass is 16.3. The van der Waals surface area contributed by atoms with Crippen LogP contribution in [0.2, 0.25) is 0 Å². The zero-order valence-electron chi connectivity index (χ0n) is 39.2. The highest BCUT2D eigenvalue weighted by Gasteiger charge is 2.21. The molecule has 2 heterocycles. The normalized spacial score (nSPS) is 11.3. The van der Waals surface area contributed by atoms with E-state index in [1.54, 1.807) is 0 Å². The summed E-state index contributed by atoms with van der Waals surface area (Å²) < 4.78 is 13.1. The summed E-state index contributed by atoms with van der Waals surface area (Å²) in [6.45, 7) is 0. The van der Waals surface area contributed by atoms with Crippen molar-refractivity contribution in [2.24, 2.45) is 0 Å². The van der Waals surface area contributed by atoms with Crippen LogP contribution in [-0.2, 0) is 0 Å². The molecule has 13 rings (SSSR count). The van der Waals surface area contributed by atoms with E-state index in [9.17, 15) is 0 Å². The Hall–Kier alpha value is -9.78. The van der Waals surface area contributed by atoms with Crippen LogP contribution in [0.1, 0.15) is 0 Å². The van der Waals surface area contributed by atoms with E-state index in [4.69, 9.17) is 8.83 Å². The second kappa shape index (κ2) is 18.3. The third-order valence-corrected chi connectivity index (χ3v) is 13.4. The fourth-order valence-electron chi connectivity index (χ4n) is 10.1. The van der Waals surface area contributed by atoms with E-state index in [2.05, 4.69) is 299 Å². The fraction of sp³-hybridized carbons (Fsp3) is 0. The van der Waals surface area contributed by atoms with Crippen LogP contribution in [0.4, 0.5) is 68.2 Å². The highest BCUT2D eigenvalue weighted by molar-refractivity contribution is 6.10. The van der Waals surface area contributed by atoms with Gasteiger partial charge in [-0.15, -0.1) is 0 Å².